The summed E-state index contributed by atoms with van der Waals surface area (Å²) in [6.07, 6.45) is 3.02. The van der Waals surface area contributed by atoms with Crippen LogP contribution >= 0.6 is 11.3 Å². The number of esters is 1. The quantitative estimate of drug-likeness (QED) is 0.432. The van der Waals surface area contributed by atoms with Crippen LogP contribution < -0.4 is 19.0 Å². The number of hydrogen-bond donors (Lipinski definition) is 0. The van der Waals surface area contributed by atoms with Crippen molar-refractivity contribution in [2.24, 2.45) is 4.99 Å². The monoisotopic (exact) mass is 440 g/mol. The van der Waals surface area contributed by atoms with E-state index in [9.17, 15) is 9.59 Å². The van der Waals surface area contributed by atoms with E-state index in [1.54, 1.807) is 42.9 Å². The molecule has 2 heterocycles. The average Bonchev–Trinajstić information content (AvgIpc) is 3.36. The summed E-state index contributed by atoms with van der Waals surface area (Å²) in [6.45, 7) is 2.17. The Balaban J connectivity index is 1.66. The van der Waals surface area contributed by atoms with E-state index < -0.39 is 11.9 Å². The van der Waals surface area contributed by atoms with E-state index in [4.69, 9.17) is 18.9 Å². The molecule has 0 atom stereocenters. The predicted octanol–water partition coefficient (Wildman–Crippen LogP) is 3.14. The molecule has 0 saturated carbocycles. The Morgan fingerprint density at radius 1 is 1.19 bits per heavy atom. The van der Waals surface area contributed by atoms with Gasteiger partial charge in [0.1, 0.15) is 12.3 Å². The van der Waals surface area contributed by atoms with E-state index in [-0.39, 0.29) is 19.9 Å². The number of methoxy groups -OCH3 is 1. The Morgan fingerprint density at radius 2 is 2.03 bits per heavy atom. The summed E-state index contributed by atoms with van der Waals surface area (Å²) in [5.41, 5.74) is 1.55. The zero-order valence-corrected chi connectivity index (χ0v) is 17.8. The molecule has 3 aromatic rings. The van der Waals surface area contributed by atoms with Crippen molar-refractivity contribution < 1.29 is 28.5 Å². The van der Waals surface area contributed by atoms with Gasteiger partial charge in [0.15, 0.2) is 16.3 Å². The van der Waals surface area contributed by atoms with Crippen LogP contribution in [-0.2, 0) is 20.9 Å². The van der Waals surface area contributed by atoms with Gasteiger partial charge >= 0.3 is 5.97 Å². The summed E-state index contributed by atoms with van der Waals surface area (Å²) in [6, 6.07) is 10.9. The molecule has 160 valence electrons. The lowest BCUT2D eigenvalue weighted by Crippen LogP contribution is -2.22. The van der Waals surface area contributed by atoms with E-state index in [1.165, 1.54) is 17.4 Å². The third-order valence-corrected chi connectivity index (χ3v) is 5.54. The summed E-state index contributed by atoms with van der Waals surface area (Å²) in [7, 11) is 1.58. The Morgan fingerprint density at radius 3 is 2.84 bits per heavy atom. The second-order valence-corrected chi connectivity index (χ2v) is 7.51. The number of thiazole rings is 1. The summed E-state index contributed by atoms with van der Waals surface area (Å²) in [5.74, 6) is 1.14. The van der Waals surface area contributed by atoms with Crippen LogP contribution in [0.3, 0.4) is 0 Å². The van der Waals surface area contributed by atoms with Gasteiger partial charge in [-0.1, -0.05) is 17.4 Å². The van der Waals surface area contributed by atoms with Gasteiger partial charge in [0, 0.05) is 6.08 Å². The fourth-order valence-electron chi connectivity index (χ4n) is 3.07. The standard InChI is InChI=1S/C22H20N2O6S/c1-3-28-21(26)12-24-16-7-6-15(27-2)11-19(16)31-22(24)23-20(25)9-5-14-4-8-17-18(10-14)30-13-29-17/h4-11H,3,12-13H2,1-2H3/b9-5-,23-22?. The molecule has 2 aromatic carbocycles. The second kappa shape index (κ2) is 9.05. The topological polar surface area (TPSA) is 88.4 Å². The van der Waals surface area contributed by atoms with Gasteiger partial charge in [0.2, 0.25) is 6.79 Å². The minimum Gasteiger partial charge on any atom is -0.497 e. The lowest BCUT2D eigenvalue weighted by Gasteiger charge is -2.05. The largest absolute Gasteiger partial charge is 0.497 e. The molecule has 31 heavy (non-hydrogen) atoms. The van der Waals surface area contributed by atoms with Gasteiger partial charge in [-0.25, -0.2) is 0 Å². The van der Waals surface area contributed by atoms with Crippen LogP contribution in [0.4, 0.5) is 0 Å². The first-order valence-corrected chi connectivity index (χ1v) is 10.4. The maximum absolute atomic E-state index is 12.5. The molecule has 0 bridgehead atoms. The molecule has 0 N–H and O–H groups in total. The van der Waals surface area contributed by atoms with Crippen LogP contribution in [0, 0.1) is 0 Å². The van der Waals surface area contributed by atoms with E-state index in [0.717, 1.165) is 15.8 Å². The maximum Gasteiger partial charge on any atom is 0.326 e. The number of carbonyl (C=O) groups is 2. The number of amides is 1. The highest BCUT2D eigenvalue weighted by molar-refractivity contribution is 7.16. The van der Waals surface area contributed by atoms with Gasteiger partial charge in [-0.05, 0) is 48.9 Å². The van der Waals surface area contributed by atoms with Crippen LogP contribution in [0.25, 0.3) is 16.3 Å². The average molecular weight is 440 g/mol. The Kier molecular flexibility index (Phi) is 6.03. The van der Waals surface area contributed by atoms with Crippen LogP contribution in [0.5, 0.6) is 17.2 Å². The molecule has 0 radical (unpaired) electrons. The highest BCUT2D eigenvalue weighted by atomic mass is 32.1. The first-order chi connectivity index (χ1) is 15.1. The molecule has 1 aliphatic rings. The predicted molar refractivity (Wildman–Crippen MR) is 115 cm³/mol. The number of carbonyl (C=O) groups excluding carboxylic acids is 2. The first-order valence-electron chi connectivity index (χ1n) is 9.57. The van der Waals surface area contributed by atoms with Gasteiger partial charge in [-0.15, -0.1) is 0 Å². The number of ether oxygens (including phenoxy) is 4. The third kappa shape index (κ3) is 4.61. The summed E-state index contributed by atoms with van der Waals surface area (Å²) in [4.78, 5) is 29.2. The van der Waals surface area contributed by atoms with Crippen molar-refractivity contribution in [3.63, 3.8) is 0 Å². The Hall–Kier alpha value is -3.59. The van der Waals surface area contributed by atoms with E-state index >= 15 is 0 Å². The SMILES string of the molecule is CCOC(=O)Cn1c(=NC(=O)/C=C\c2ccc3c(c2)OCO3)sc2cc(OC)ccc21. The van der Waals surface area contributed by atoms with Gasteiger partial charge in [-0.2, -0.15) is 4.99 Å². The highest BCUT2D eigenvalue weighted by Crippen LogP contribution is 2.32. The minimum atomic E-state index is -0.450. The van der Waals surface area contributed by atoms with Gasteiger partial charge in [-0.3, -0.25) is 9.59 Å². The summed E-state index contributed by atoms with van der Waals surface area (Å²) in [5, 5.41) is 0. The molecule has 1 aromatic heterocycles. The molecule has 1 aliphatic heterocycles. The summed E-state index contributed by atoms with van der Waals surface area (Å²) < 4.78 is 23.5. The second-order valence-electron chi connectivity index (χ2n) is 6.51. The number of benzene rings is 2. The van der Waals surface area contributed by atoms with Crippen LogP contribution in [0.2, 0.25) is 0 Å². The van der Waals surface area contributed by atoms with Crippen molar-refractivity contribution in [1.82, 2.24) is 4.57 Å². The van der Waals surface area contributed by atoms with Crippen LogP contribution in [0.15, 0.2) is 47.5 Å². The normalized spacial score (nSPS) is 13.2. The maximum atomic E-state index is 12.5. The fraction of sp³-hybridized carbons (Fsp3) is 0.227. The van der Waals surface area contributed by atoms with Crippen molar-refractivity contribution in [3.05, 3.63) is 52.8 Å². The smallest absolute Gasteiger partial charge is 0.326 e. The molecular formula is C22H20N2O6S. The van der Waals surface area contributed by atoms with E-state index in [1.807, 2.05) is 18.2 Å². The molecule has 0 unspecified atom stereocenters. The van der Waals surface area contributed by atoms with Crippen molar-refractivity contribution in [3.8, 4) is 17.2 Å². The zero-order valence-electron chi connectivity index (χ0n) is 17.0. The van der Waals surface area contributed by atoms with Crippen LogP contribution in [-0.4, -0.2) is 37.0 Å². The third-order valence-electron chi connectivity index (χ3n) is 4.50. The Bertz CT molecular complexity index is 1240. The fourth-order valence-corrected chi connectivity index (χ4v) is 4.13. The number of aromatic nitrogens is 1. The first kappa shape index (κ1) is 20.7. The minimum absolute atomic E-state index is 0.0435. The van der Waals surface area contributed by atoms with Crippen LogP contribution in [0.1, 0.15) is 12.5 Å². The van der Waals surface area contributed by atoms with Gasteiger partial charge in [0.25, 0.3) is 5.91 Å². The Labute approximate surface area is 182 Å². The molecule has 4 rings (SSSR count). The van der Waals surface area contributed by atoms with Gasteiger partial charge in [0.05, 0.1) is 23.9 Å². The molecule has 0 aliphatic carbocycles. The van der Waals surface area contributed by atoms with Crippen molar-refractivity contribution in [2.45, 2.75) is 13.5 Å². The molecular weight excluding hydrogens is 420 g/mol. The number of nitrogens with zero attached hydrogens (tertiary/aromatic N) is 2. The van der Waals surface area contributed by atoms with Crippen molar-refractivity contribution in [2.75, 3.05) is 20.5 Å². The number of hydrogen-bond acceptors (Lipinski definition) is 7. The molecule has 1 amide bonds. The number of rotatable bonds is 6. The van der Waals surface area contributed by atoms with E-state index in [0.29, 0.717) is 22.0 Å². The molecule has 9 heteroatoms. The highest BCUT2D eigenvalue weighted by Gasteiger charge is 2.14. The molecule has 0 fully saturated rings. The van der Waals surface area contributed by atoms with Crippen molar-refractivity contribution >= 4 is 39.5 Å². The molecule has 0 saturated heterocycles. The molecule has 0 spiro atoms. The zero-order chi connectivity index (χ0) is 21.8. The lowest BCUT2D eigenvalue weighted by atomic mass is 10.2. The van der Waals surface area contributed by atoms with Crippen molar-refractivity contribution in [1.29, 1.82) is 0 Å². The summed E-state index contributed by atoms with van der Waals surface area (Å²) >= 11 is 1.30. The molecule has 8 nitrogen and oxygen atoms in total. The number of fused-ring (bicyclic) bond motifs is 2. The lowest BCUT2D eigenvalue weighted by molar-refractivity contribution is -0.143. The van der Waals surface area contributed by atoms with E-state index in [2.05, 4.69) is 4.99 Å². The van der Waals surface area contributed by atoms with Gasteiger partial charge < -0.3 is 23.5 Å².